The maximum absolute atomic E-state index is 6.45. The fourth-order valence-corrected chi connectivity index (χ4v) is 3.40. The molecule has 0 bridgehead atoms. The Morgan fingerprint density at radius 1 is 1.41 bits per heavy atom. The van der Waals surface area contributed by atoms with E-state index in [4.69, 9.17) is 10.5 Å². The van der Waals surface area contributed by atoms with Gasteiger partial charge in [-0.3, -0.25) is 4.90 Å². The van der Waals surface area contributed by atoms with Crippen molar-refractivity contribution in [2.75, 3.05) is 26.2 Å². The fraction of sp³-hybridized carbons (Fsp3) is 1.00. The summed E-state index contributed by atoms with van der Waals surface area (Å²) in [6.07, 6.45) is 4.31. The van der Waals surface area contributed by atoms with Crippen LogP contribution in [-0.4, -0.2) is 43.3 Å². The number of nitrogens with zero attached hydrogens (tertiary/aromatic N) is 1. The number of hydrogen-bond acceptors (Lipinski definition) is 3. The summed E-state index contributed by atoms with van der Waals surface area (Å²) in [5.74, 6) is 0.670. The number of rotatable bonds is 2. The highest BCUT2D eigenvalue weighted by atomic mass is 16.5. The molecule has 0 aromatic heterocycles. The van der Waals surface area contributed by atoms with Crippen LogP contribution in [0.5, 0.6) is 0 Å². The molecule has 1 aliphatic heterocycles. The van der Waals surface area contributed by atoms with E-state index in [-0.39, 0.29) is 0 Å². The Morgan fingerprint density at radius 3 is 2.88 bits per heavy atom. The van der Waals surface area contributed by atoms with E-state index in [2.05, 4.69) is 25.7 Å². The van der Waals surface area contributed by atoms with E-state index in [0.29, 0.717) is 23.5 Å². The van der Waals surface area contributed by atoms with Gasteiger partial charge in [0.2, 0.25) is 0 Å². The Bertz CT molecular complexity index is 255. The lowest BCUT2D eigenvalue weighted by Crippen LogP contribution is -2.52. The second kappa shape index (κ2) is 5.25. The summed E-state index contributed by atoms with van der Waals surface area (Å²) >= 11 is 0. The van der Waals surface area contributed by atoms with E-state index < -0.39 is 0 Å². The molecule has 1 aliphatic carbocycles. The summed E-state index contributed by atoms with van der Waals surface area (Å²) in [5.41, 5.74) is 6.77. The lowest BCUT2D eigenvalue weighted by atomic mass is 9.68. The second-order valence-corrected chi connectivity index (χ2v) is 6.61. The van der Waals surface area contributed by atoms with Crippen molar-refractivity contribution in [2.24, 2.45) is 17.1 Å². The van der Waals surface area contributed by atoms with Gasteiger partial charge in [0.25, 0.3) is 0 Å². The first-order chi connectivity index (χ1) is 7.99. The van der Waals surface area contributed by atoms with Crippen molar-refractivity contribution in [3.63, 3.8) is 0 Å². The zero-order chi connectivity index (χ0) is 12.5. The predicted molar refractivity (Wildman–Crippen MR) is 71.0 cm³/mol. The number of nitrogens with two attached hydrogens (primary N) is 1. The Hall–Kier alpha value is -0.120. The molecule has 1 saturated heterocycles. The molecular formula is C14H28N2O. The summed E-state index contributed by atoms with van der Waals surface area (Å²) in [7, 11) is 0. The third-order valence-corrected chi connectivity index (χ3v) is 4.62. The summed E-state index contributed by atoms with van der Waals surface area (Å²) < 4.78 is 5.59. The highest BCUT2D eigenvalue weighted by Gasteiger charge is 2.37. The molecule has 2 N–H and O–H groups in total. The van der Waals surface area contributed by atoms with Gasteiger partial charge >= 0.3 is 0 Å². The number of hydrogen-bond donors (Lipinski definition) is 1. The zero-order valence-electron chi connectivity index (χ0n) is 11.6. The Morgan fingerprint density at radius 2 is 2.18 bits per heavy atom. The van der Waals surface area contributed by atoms with Crippen LogP contribution in [0.15, 0.2) is 0 Å². The molecule has 0 radical (unpaired) electrons. The summed E-state index contributed by atoms with van der Waals surface area (Å²) in [4.78, 5) is 2.54. The smallest absolute Gasteiger partial charge is 0.0674 e. The van der Waals surface area contributed by atoms with E-state index in [1.807, 2.05) is 0 Å². The number of ether oxygens (including phenoxy) is 1. The molecule has 0 aromatic carbocycles. The standard InChI is InChI=1S/C14H28N2O/c1-11-9-16(7-8-17-11)10-12-5-4-6-14(2,3)13(12)15/h11-13H,4-10,15H2,1-3H3. The summed E-state index contributed by atoms with van der Waals surface area (Å²) in [6.45, 7) is 11.0. The molecule has 2 fully saturated rings. The average molecular weight is 240 g/mol. The van der Waals surface area contributed by atoms with Crippen LogP contribution in [0.4, 0.5) is 0 Å². The van der Waals surface area contributed by atoms with Gasteiger partial charge in [-0.1, -0.05) is 20.3 Å². The third kappa shape index (κ3) is 3.21. The molecular weight excluding hydrogens is 212 g/mol. The van der Waals surface area contributed by atoms with Gasteiger partial charge in [0, 0.05) is 25.7 Å². The molecule has 1 heterocycles. The van der Waals surface area contributed by atoms with Crippen molar-refractivity contribution in [3.8, 4) is 0 Å². The van der Waals surface area contributed by atoms with Crippen molar-refractivity contribution in [3.05, 3.63) is 0 Å². The fourth-order valence-electron chi connectivity index (χ4n) is 3.40. The monoisotopic (exact) mass is 240 g/mol. The van der Waals surface area contributed by atoms with E-state index in [0.717, 1.165) is 26.2 Å². The van der Waals surface area contributed by atoms with Crippen LogP contribution in [0.3, 0.4) is 0 Å². The van der Waals surface area contributed by atoms with E-state index >= 15 is 0 Å². The Labute approximate surface area is 106 Å². The van der Waals surface area contributed by atoms with Gasteiger partial charge in [0.15, 0.2) is 0 Å². The minimum absolute atomic E-state index is 0.320. The normalized spacial score (nSPS) is 39.2. The predicted octanol–water partition coefficient (Wildman–Crippen LogP) is 1.86. The Balaban J connectivity index is 1.89. The van der Waals surface area contributed by atoms with Gasteiger partial charge in [-0.15, -0.1) is 0 Å². The summed E-state index contributed by atoms with van der Waals surface area (Å²) in [5, 5.41) is 0. The van der Waals surface area contributed by atoms with Crippen molar-refractivity contribution in [1.29, 1.82) is 0 Å². The highest BCUT2D eigenvalue weighted by molar-refractivity contribution is 4.92. The van der Waals surface area contributed by atoms with Gasteiger partial charge in [0.05, 0.1) is 12.7 Å². The molecule has 100 valence electrons. The molecule has 3 nitrogen and oxygen atoms in total. The van der Waals surface area contributed by atoms with Gasteiger partial charge in [-0.25, -0.2) is 0 Å². The van der Waals surface area contributed by atoms with Crippen LogP contribution in [0.25, 0.3) is 0 Å². The average Bonchev–Trinajstić information content (AvgIpc) is 2.25. The quantitative estimate of drug-likeness (QED) is 0.800. The van der Waals surface area contributed by atoms with E-state index in [1.165, 1.54) is 19.3 Å². The Kier molecular flexibility index (Phi) is 4.11. The molecule has 0 spiro atoms. The lowest BCUT2D eigenvalue weighted by Gasteiger charge is -2.44. The molecule has 17 heavy (non-hydrogen) atoms. The van der Waals surface area contributed by atoms with Crippen LogP contribution < -0.4 is 5.73 Å². The van der Waals surface area contributed by atoms with E-state index in [9.17, 15) is 0 Å². The largest absolute Gasteiger partial charge is 0.376 e. The first kappa shape index (κ1) is 13.3. The van der Waals surface area contributed by atoms with Gasteiger partial charge in [0.1, 0.15) is 0 Å². The second-order valence-electron chi connectivity index (χ2n) is 6.61. The first-order valence-corrected chi connectivity index (χ1v) is 7.08. The minimum Gasteiger partial charge on any atom is -0.376 e. The van der Waals surface area contributed by atoms with Crippen molar-refractivity contribution in [2.45, 2.75) is 52.2 Å². The molecule has 1 saturated carbocycles. The van der Waals surface area contributed by atoms with Gasteiger partial charge in [-0.05, 0) is 31.1 Å². The van der Waals surface area contributed by atoms with Crippen LogP contribution in [0, 0.1) is 11.3 Å². The highest BCUT2D eigenvalue weighted by Crippen LogP contribution is 2.38. The molecule has 3 atom stereocenters. The molecule has 2 rings (SSSR count). The minimum atomic E-state index is 0.320. The van der Waals surface area contributed by atoms with E-state index in [1.54, 1.807) is 0 Å². The molecule has 3 heteroatoms. The number of morpholine rings is 1. The molecule has 2 aliphatic rings. The maximum atomic E-state index is 6.45. The van der Waals surface area contributed by atoms with Crippen molar-refractivity contribution < 1.29 is 4.74 Å². The lowest BCUT2D eigenvalue weighted by molar-refractivity contribution is -0.0297. The summed E-state index contributed by atoms with van der Waals surface area (Å²) in [6, 6.07) is 0.356. The molecule has 0 aromatic rings. The van der Waals surface area contributed by atoms with Gasteiger partial charge < -0.3 is 10.5 Å². The van der Waals surface area contributed by atoms with Crippen molar-refractivity contribution in [1.82, 2.24) is 4.90 Å². The van der Waals surface area contributed by atoms with Crippen LogP contribution in [-0.2, 0) is 4.74 Å². The molecule has 3 unspecified atom stereocenters. The zero-order valence-corrected chi connectivity index (χ0v) is 11.6. The van der Waals surface area contributed by atoms with Crippen LogP contribution in [0.1, 0.15) is 40.0 Å². The van der Waals surface area contributed by atoms with Crippen LogP contribution >= 0.6 is 0 Å². The third-order valence-electron chi connectivity index (χ3n) is 4.62. The maximum Gasteiger partial charge on any atom is 0.0674 e. The molecule has 0 amide bonds. The topological polar surface area (TPSA) is 38.5 Å². The van der Waals surface area contributed by atoms with Crippen molar-refractivity contribution >= 4 is 0 Å². The van der Waals surface area contributed by atoms with Crippen LogP contribution in [0.2, 0.25) is 0 Å². The SMILES string of the molecule is CC1CN(CC2CCCC(C)(C)C2N)CCO1. The first-order valence-electron chi connectivity index (χ1n) is 7.08. The van der Waals surface area contributed by atoms with Gasteiger partial charge in [-0.2, -0.15) is 0 Å².